The number of hydrogen-bond donors (Lipinski definition) is 1. The van der Waals surface area contributed by atoms with Crippen LogP contribution in [0.4, 0.5) is 0 Å². The van der Waals surface area contributed by atoms with E-state index in [0.29, 0.717) is 6.04 Å². The van der Waals surface area contributed by atoms with Gasteiger partial charge in [0.25, 0.3) is 0 Å². The van der Waals surface area contributed by atoms with Crippen LogP contribution in [0.3, 0.4) is 0 Å². The lowest BCUT2D eigenvalue weighted by molar-refractivity contribution is -0.0383. The van der Waals surface area contributed by atoms with Gasteiger partial charge in [-0.3, -0.25) is 0 Å². The Morgan fingerprint density at radius 1 is 1.48 bits per heavy atom. The summed E-state index contributed by atoms with van der Waals surface area (Å²) in [4.78, 5) is 2.35. The molecule has 21 heavy (non-hydrogen) atoms. The van der Waals surface area contributed by atoms with E-state index in [4.69, 9.17) is 9.47 Å². The van der Waals surface area contributed by atoms with Crippen molar-refractivity contribution in [2.75, 3.05) is 40.4 Å². The first-order chi connectivity index (χ1) is 10.2. The Bertz CT molecular complexity index is 425. The highest BCUT2D eigenvalue weighted by Gasteiger charge is 2.26. The number of likely N-dealkylation sites (N-methyl/N-ethyl adjacent to an activating group) is 1. The second kappa shape index (κ2) is 8.37. The highest BCUT2D eigenvalue weighted by molar-refractivity contribution is 5.29. The van der Waals surface area contributed by atoms with E-state index >= 15 is 0 Å². The van der Waals surface area contributed by atoms with Gasteiger partial charge < -0.3 is 19.7 Å². The molecular formula is C17H28N2O2. The third-order valence-electron chi connectivity index (χ3n) is 3.99. The van der Waals surface area contributed by atoms with Gasteiger partial charge in [0.05, 0.1) is 19.8 Å². The minimum absolute atomic E-state index is 0.251. The van der Waals surface area contributed by atoms with E-state index in [1.807, 2.05) is 6.07 Å². The van der Waals surface area contributed by atoms with E-state index < -0.39 is 0 Å². The molecule has 1 aliphatic rings. The van der Waals surface area contributed by atoms with E-state index in [0.717, 1.165) is 44.8 Å². The zero-order valence-electron chi connectivity index (χ0n) is 13.5. The largest absolute Gasteiger partial charge is 0.497 e. The smallest absolute Gasteiger partial charge is 0.119 e. The molecule has 0 bridgehead atoms. The van der Waals surface area contributed by atoms with Gasteiger partial charge in [-0.25, -0.2) is 0 Å². The maximum absolute atomic E-state index is 6.00. The first kappa shape index (κ1) is 16.3. The average Bonchev–Trinajstić information content (AvgIpc) is 2.51. The highest BCUT2D eigenvalue weighted by Crippen LogP contribution is 2.17. The Morgan fingerprint density at radius 3 is 3.05 bits per heavy atom. The molecule has 1 N–H and O–H groups in total. The van der Waals surface area contributed by atoms with Gasteiger partial charge in [0.2, 0.25) is 0 Å². The Kier molecular flexibility index (Phi) is 6.49. The Balaban J connectivity index is 2.04. The van der Waals surface area contributed by atoms with Crippen molar-refractivity contribution < 1.29 is 9.47 Å². The Hall–Kier alpha value is -1.10. The summed E-state index contributed by atoms with van der Waals surface area (Å²) in [6.07, 6.45) is 2.36. The lowest BCUT2D eigenvalue weighted by Crippen LogP contribution is -2.52. The summed E-state index contributed by atoms with van der Waals surface area (Å²) < 4.78 is 11.3. The second-order valence-electron chi connectivity index (χ2n) is 5.79. The van der Waals surface area contributed by atoms with Crippen LogP contribution in [0.25, 0.3) is 0 Å². The van der Waals surface area contributed by atoms with Gasteiger partial charge in [-0.05, 0) is 44.1 Å². The van der Waals surface area contributed by atoms with Gasteiger partial charge in [0.1, 0.15) is 5.75 Å². The van der Waals surface area contributed by atoms with Crippen LogP contribution in [-0.4, -0.2) is 57.4 Å². The zero-order chi connectivity index (χ0) is 15.1. The van der Waals surface area contributed by atoms with Crippen molar-refractivity contribution in [1.82, 2.24) is 10.2 Å². The average molecular weight is 292 g/mol. The highest BCUT2D eigenvalue weighted by atomic mass is 16.5. The van der Waals surface area contributed by atoms with Crippen LogP contribution >= 0.6 is 0 Å². The lowest BCUT2D eigenvalue weighted by atomic mass is 9.99. The summed E-state index contributed by atoms with van der Waals surface area (Å²) in [5.74, 6) is 0.920. The van der Waals surface area contributed by atoms with Crippen molar-refractivity contribution in [3.05, 3.63) is 29.8 Å². The molecule has 118 valence electrons. The minimum atomic E-state index is 0.251. The summed E-state index contributed by atoms with van der Waals surface area (Å²) in [6.45, 7) is 6.06. The number of nitrogens with zero attached hydrogens (tertiary/aromatic N) is 1. The van der Waals surface area contributed by atoms with Crippen LogP contribution in [-0.2, 0) is 11.2 Å². The topological polar surface area (TPSA) is 33.7 Å². The SMILES string of the molecule is CCCNC(Cc1cccc(OC)c1)C1CN(C)CCO1. The predicted octanol–water partition coefficient (Wildman–Crippen LogP) is 1.94. The molecule has 1 aliphatic heterocycles. The van der Waals surface area contributed by atoms with E-state index in [1.165, 1.54) is 5.56 Å². The lowest BCUT2D eigenvalue weighted by Gasteiger charge is -2.35. The number of rotatable bonds is 7. The molecular weight excluding hydrogens is 264 g/mol. The van der Waals surface area contributed by atoms with E-state index in [1.54, 1.807) is 7.11 Å². The molecule has 1 aromatic carbocycles. The molecule has 0 aliphatic carbocycles. The predicted molar refractivity (Wildman–Crippen MR) is 86.0 cm³/mol. The molecule has 4 heteroatoms. The van der Waals surface area contributed by atoms with Crippen molar-refractivity contribution in [1.29, 1.82) is 0 Å². The molecule has 2 unspecified atom stereocenters. The molecule has 1 fully saturated rings. The summed E-state index contributed by atoms with van der Waals surface area (Å²) in [5, 5.41) is 3.65. The summed E-state index contributed by atoms with van der Waals surface area (Å²) in [5.41, 5.74) is 1.29. The van der Waals surface area contributed by atoms with Crippen molar-refractivity contribution in [2.45, 2.75) is 31.9 Å². The maximum atomic E-state index is 6.00. The number of nitrogens with one attached hydrogen (secondary N) is 1. The molecule has 0 aromatic heterocycles. The summed E-state index contributed by atoms with van der Waals surface area (Å²) in [7, 11) is 3.88. The van der Waals surface area contributed by atoms with E-state index in [-0.39, 0.29) is 6.10 Å². The molecule has 2 rings (SSSR count). The van der Waals surface area contributed by atoms with Gasteiger partial charge in [0.15, 0.2) is 0 Å². The fourth-order valence-electron chi connectivity index (χ4n) is 2.77. The fraction of sp³-hybridized carbons (Fsp3) is 0.647. The zero-order valence-corrected chi connectivity index (χ0v) is 13.5. The molecule has 4 nitrogen and oxygen atoms in total. The summed E-state index contributed by atoms with van der Waals surface area (Å²) >= 11 is 0. The van der Waals surface area contributed by atoms with Crippen molar-refractivity contribution in [3.63, 3.8) is 0 Å². The van der Waals surface area contributed by atoms with Crippen LogP contribution in [0.15, 0.2) is 24.3 Å². The standard InChI is InChI=1S/C17H28N2O2/c1-4-8-18-16(17-13-19(2)9-10-21-17)12-14-6-5-7-15(11-14)20-3/h5-7,11,16-18H,4,8-10,12-13H2,1-3H3. The molecule has 0 saturated carbocycles. The van der Waals surface area contributed by atoms with Crippen LogP contribution in [0.2, 0.25) is 0 Å². The van der Waals surface area contributed by atoms with Crippen LogP contribution in [0, 0.1) is 0 Å². The van der Waals surface area contributed by atoms with E-state index in [2.05, 4.69) is 42.4 Å². The third-order valence-corrected chi connectivity index (χ3v) is 3.99. The molecule has 1 heterocycles. The number of morpholine rings is 1. The van der Waals surface area contributed by atoms with Gasteiger partial charge in [0, 0.05) is 19.1 Å². The molecule has 1 saturated heterocycles. The monoisotopic (exact) mass is 292 g/mol. The molecule has 0 radical (unpaired) electrons. The van der Waals surface area contributed by atoms with E-state index in [9.17, 15) is 0 Å². The third kappa shape index (κ3) is 4.99. The number of hydrogen-bond acceptors (Lipinski definition) is 4. The number of ether oxygens (including phenoxy) is 2. The minimum Gasteiger partial charge on any atom is -0.497 e. The Morgan fingerprint density at radius 2 is 2.33 bits per heavy atom. The van der Waals surface area contributed by atoms with Crippen molar-refractivity contribution in [3.8, 4) is 5.75 Å². The first-order valence-corrected chi connectivity index (χ1v) is 7.89. The van der Waals surface area contributed by atoms with Crippen molar-refractivity contribution in [2.24, 2.45) is 0 Å². The fourth-order valence-corrected chi connectivity index (χ4v) is 2.77. The number of benzene rings is 1. The molecule has 0 amide bonds. The maximum Gasteiger partial charge on any atom is 0.119 e. The molecule has 2 atom stereocenters. The van der Waals surface area contributed by atoms with Crippen LogP contribution in [0.5, 0.6) is 5.75 Å². The van der Waals surface area contributed by atoms with Crippen molar-refractivity contribution >= 4 is 0 Å². The van der Waals surface area contributed by atoms with Crippen LogP contribution in [0.1, 0.15) is 18.9 Å². The van der Waals surface area contributed by atoms with Gasteiger partial charge in [-0.2, -0.15) is 0 Å². The molecule has 0 spiro atoms. The Labute approximate surface area is 128 Å². The summed E-state index contributed by atoms with van der Waals surface area (Å²) in [6, 6.07) is 8.67. The quantitative estimate of drug-likeness (QED) is 0.833. The van der Waals surface area contributed by atoms with Gasteiger partial charge in [-0.1, -0.05) is 19.1 Å². The second-order valence-corrected chi connectivity index (χ2v) is 5.79. The molecule has 1 aromatic rings. The number of methoxy groups -OCH3 is 1. The van der Waals surface area contributed by atoms with Crippen LogP contribution < -0.4 is 10.1 Å². The van der Waals surface area contributed by atoms with Gasteiger partial charge >= 0.3 is 0 Å². The van der Waals surface area contributed by atoms with Gasteiger partial charge in [-0.15, -0.1) is 0 Å². The first-order valence-electron chi connectivity index (χ1n) is 7.89. The normalized spacial score (nSPS) is 21.2.